The topological polar surface area (TPSA) is 61.4 Å². The van der Waals surface area contributed by atoms with Gasteiger partial charge in [0.15, 0.2) is 0 Å². The summed E-state index contributed by atoms with van der Waals surface area (Å²) in [6.45, 7) is 0.569. The zero-order chi connectivity index (χ0) is 12.9. The SMILES string of the molecule is CN(C)C1(CNC(=O)NC(=O)CCCl)CCC1. The summed E-state index contributed by atoms with van der Waals surface area (Å²) in [6.07, 6.45) is 3.51. The lowest BCUT2D eigenvalue weighted by molar-refractivity contribution is -0.119. The van der Waals surface area contributed by atoms with E-state index in [1.807, 2.05) is 14.1 Å². The fourth-order valence-electron chi connectivity index (χ4n) is 1.93. The van der Waals surface area contributed by atoms with E-state index in [4.69, 9.17) is 11.6 Å². The molecule has 0 bridgehead atoms. The minimum Gasteiger partial charge on any atom is -0.336 e. The third kappa shape index (κ3) is 3.85. The van der Waals surface area contributed by atoms with Crippen LogP contribution in [0.2, 0.25) is 0 Å². The molecule has 3 amide bonds. The van der Waals surface area contributed by atoms with E-state index >= 15 is 0 Å². The van der Waals surface area contributed by atoms with Crippen LogP contribution < -0.4 is 10.6 Å². The summed E-state index contributed by atoms with van der Waals surface area (Å²) in [5.41, 5.74) is 0.0624. The van der Waals surface area contributed by atoms with Gasteiger partial charge in [-0.2, -0.15) is 0 Å². The van der Waals surface area contributed by atoms with Crippen LogP contribution in [0.3, 0.4) is 0 Å². The van der Waals surface area contributed by atoms with Crippen molar-refractivity contribution in [3.63, 3.8) is 0 Å². The van der Waals surface area contributed by atoms with Crippen molar-refractivity contribution >= 4 is 23.5 Å². The molecular weight excluding hydrogens is 242 g/mol. The Hall–Kier alpha value is -0.810. The van der Waals surface area contributed by atoms with Gasteiger partial charge in [0.1, 0.15) is 0 Å². The first-order valence-electron chi connectivity index (χ1n) is 5.81. The number of nitrogens with one attached hydrogen (secondary N) is 2. The summed E-state index contributed by atoms with van der Waals surface area (Å²) in [5.74, 6) is -0.120. The van der Waals surface area contributed by atoms with Crippen molar-refractivity contribution in [2.75, 3.05) is 26.5 Å². The van der Waals surface area contributed by atoms with E-state index in [0.29, 0.717) is 6.54 Å². The second-order valence-electron chi connectivity index (χ2n) is 4.64. The zero-order valence-corrected chi connectivity index (χ0v) is 11.1. The lowest BCUT2D eigenvalue weighted by Gasteiger charge is -2.47. The molecule has 1 rings (SSSR count). The van der Waals surface area contributed by atoms with Gasteiger partial charge in [0.05, 0.1) is 0 Å². The molecule has 6 heteroatoms. The smallest absolute Gasteiger partial charge is 0.321 e. The van der Waals surface area contributed by atoms with Crippen LogP contribution in [-0.4, -0.2) is 48.9 Å². The van der Waals surface area contributed by atoms with E-state index in [0.717, 1.165) is 12.8 Å². The van der Waals surface area contributed by atoms with Crippen molar-refractivity contribution in [2.24, 2.45) is 0 Å². The van der Waals surface area contributed by atoms with Gasteiger partial charge in [0.2, 0.25) is 5.91 Å². The molecule has 5 nitrogen and oxygen atoms in total. The number of carbonyl (C=O) groups is 2. The van der Waals surface area contributed by atoms with E-state index < -0.39 is 6.03 Å². The maximum Gasteiger partial charge on any atom is 0.321 e. The lowest BCUT2D eigenvalue weighted by atomic mass is 9.75. The minimum absolute atomic E-state index is 0.0624. The monoisotopic (exact) mass is 261 g/mol. The van der Waals surface area contributed by atoms with Crippen LogP contribution in [0.25, 0.3) is 0 Å². The molecule has 0 unspecified atom stereocenters. The normalized spacial score (nSPS) is 17.4. The molecule has 1 fully saturated rings. The van der Waals surface area contributed by atoms with Crippen molar-refractivity contribution in [3.05, 3.63) is 0 Å². The molecule has 2 N–H and O–H groups in total. The second-order valence-corrected chi connectivity index (χ2v) is 5.02. The van der Waals surface area contributed by atoms with Gasteiger partial charge >= 0.3 is 6.03 Å². The largest absolute Gasteiger partial charge is 0.336 e. The highest BCUT2D eigenvalue weighted by molar-refractivity contribution is 6.19. The predicted molar refractivity (Wildman–Crippen MR) is 67.1 cm³/mol. The van der Waals surface area contributed by atoms with E-state index in [1.54, 1.807) is 0 Å². The first-order chi connectivity index (χ1) is 8.00. The van der Waals surface area contributed by atoms with Gasteiger partial charge in [-0.1, -0.05) is 0 Å². The van der Waals surface area contributed by atoms with Gasteiger partial charge in [-0.3, -0.25) is 10.1 Å². The molecule has 0 atom stereocenters. The average Bonchev–Trinajstić information content (AvgIpc) is 2.15. The summed E-state index contributed by atoms with van der Waals surface area (Å²) in [7, 11) is 4.02. The van der Waals surface area contributed by atoms with Crippen LogP contribution in [0.5, 0.6) is 0 Å². The molecule has 98 valence electrons. The molecule has 0 radical (unpaired) electrons. The van der Waals surface area contributed by atoms with Crippen molar-refractivity contribution in [3.8, 4) is 0 Å². The Bertz CT molecular complexity index is 290. The Morgan fingerprint density at radius 2 is 2.00 bits per heavy atom. The number of imide groups is 1. The standard InChI is InChI=1S/C11H20ClN3O2/c1-15(2)11(5-3-6-11)8-13-10(17)14-9(16)4-7-12/h3-8H2,1-2H3,(H2,13,14,16,17). The van der Waals surface area contributed by atoms with Gasteiger partial charge in [-0.05, 0) is 33.4 Å². The first kappa shape index (κ1) is 14.3. The summed E-state index contributed by atoms with van der Waals surface area (Å²) >= 11 is 5.40. The Balaban J connectivity index is 2.30. The third-order valence-electron chi connectivity index (χ3n) is 3.39. The minimum atomic E-state index is -0.437. The number of hydrogen-bond acceptors (Lipinski definition) is 3. The Kier molecular flexibility index (Phi) is 5.21. The van der Waals surface area contributed by atoms with Gasteiger partial charge in [-0.25, -0.2) is 4.79 Å². The summed E-state index contributed by atoms with van der Waals surface area (Å²) in [4.78, 5) is 24.7. The Morgan fingerprint density at radius 1 is 1.35 bits per heavy atom. The molecule has 1 aliphatic carbocycles. The summed E-state index contributed by atoms with van der Waals surface area (Å²) in [5, 5.41) is 4.99. The number of likely N-dealkylation sites (N-methyl/N-ethyl adjacent to an activating group) is 1. The Morgan fingerprint density at radius 3 is 2.41 bits per heavy atom. The van der Waals surface area contributed by atoms with Crippen LogP contribution in [-0.2, 0) is 4.79 Å². The highest BCUT2D eigenvalue weighted by Gasteiger charge is 2.39. The molecule has 17 heavy (non-hydrogen) atoms. The number of amides is 3. The molecule has 0 heterocycles. The van der Waals surface area contributed by atoms with Crippen molar-refractivity contribution in [2.45, 2.75) is 31.2 Å². The van der Waals surface area contributed by atoms with Crippen LogP contribution in [0.15, 0.2) is 0 Å². The van der Waals surface area contributed by atoms with E-state index in [2.05, 4.69) is 15.5 Å². The highest BCUT2D eigenvalue weighted by atomic mass is 35.5. The molecule has 0 aliphatic heterocycles. The number of urea groups is 1. The van der Waals surface area contributed by atoms with Crippen LogP contribution in [0.1, 0.15) is 25.7 Å². The van der Waals surface area contributed by atoms with Crippen molar-refractivity contribution < 1.29 is 9.59 Å². The summed E-state index contributed by atoms with van der Waals surface area (Å²) < 4.78 is 0. The maximum atomic E-state index is 11.4. The first-order valence-corrected chi connectivity index (χ1v) is 6.35. The molecular formula is C11H20ClN3O2. The quantitative estimate of drug-likeness (QED) is 0.724. The average molecular weight is 262 g/mol. The summed E-state index contributed by atoms with van der Waals surface area (Å²) in [6, 6.07) is -0.437. The second kappa shape index (κ2) is 6.21. The third-order valence-corrected chi connectivity index (χ3v) is 3.57. The molecule has 0 aromatic rings. The fraction of sp³-hybridized carbons (Fsp3) is 0.818. The molecule has 1 saturated carbocycles. The highest BCUT2D eigenvalue weighted by Crippen LogP contribution is 2.35. The molecule has 1 aliphatic rings. The van der Waals surface area contributed by atoms with Crippen LogP contribution in [0.4, 0.5) is 4.79 Å². The van der Waals surface area contributed by atoms with Crippen molar-refractivity contribution in [1.29, 1.82) is 0 Å². The molecule has 0 aromatic heterocycles. The van der Waals surface area contributed by atoms with Gasteiger partial charge in [-0.15, -0.1) is 11.6 Å². The zero-order valence-electron chi connectivity index (χ0n) is 10.4. The number of nitrogens with zero attached hydrogens (tertiary/aromatic N) is 1. The molecule has 0 spiro atoms. The Labute approximate surface area is 107 Å². The van der Waals surface area contributed by atoms with E-state index in [9.17, 15) is 9.59 Å². The van der Waals surface area contributed by atoms with Crippen molar-refractivity contribution in [1.82, 2.24) is 15.5 Å². The van der Waals surface area contributed by atoms with E-state index in [-0.39, 0.29) is 23.7 Å². The molecule has 0 saturated heterocycles. The van der Waals surface area contributed by atoms with Gasteiger partial charge < -0.3 is 10.2 Å². The maximum absolute atomic E-state index is 11.4. The number of hydrogen-bond donors (Lipinski definition) is 2. The number of rotatable bonds is 5. The van der Waals surface area contributed by atoms with Crippen LogP contribution >= 0.6 is 11.6 Å². The lowest BCUT2D eigenvalue weighted by Crippen LogP contribution is -2.58. The van der Waals surface area contributed by atoms with E-state index in [1.165, 1.54) is 6.42 Å². The number of carbonyl (C=O) groups excluding carboxylic acids is 2. The fourth-order valence-corrected chi connectivity index (χ4v) is 2.10. The number of halogens is 1. The number of alkyl halides is 1. The van der Waals surface area contributed by atoms with Gasteiger partial charge in [0.25, 0.3) is 0 Å². The van der Waals surface area contributed by atoms with Gasteiger partial charge in [0, 0.05) is 24.4 Å². The van der Waals surface area contributed by atoms with Crippen LogP contribution in [0, 0.1) is 0 Å². The molecule has 0 aromatic carbocycles. The predicted octanol–water partition coefficient (Wildman–Crippen LogP) is 0.925.